The first kappa shape index (κ1) is 54.9. The van der Waals surface area contributed by atoms with Crippen molar-refractivity contribution in [3.05, 3.63) is 12.2 Å². The van der Waals surface area contributed by atoms with E-state index < -0.39 is 61.5 Å². The molecule has 10 heteroatoms. The van der Waals surface area contributed by atoms with E-state index in [0.29, 0.717) is 12.8 Å². The number of unbranched alkanes of at least 4 members (excludes halogenated alkanes) is 28. The quantitative estimate of drug-likeness (QED) is 0.0235. The molecule has 0 aliphatic carbocycles. The van der Waals surface area contributed by atoms with Crippen molar-refractivity contribution in [1.82, 2.24) is 5.32 Å². The Morgan fingerprint density at radius 1 is 0.569 bits per heavy atom. The van der Waals surface area contributed by atoms with Crippen LogP contribution in [0.25, 0.3) is 0 Å². The fraction of sp³-hybridized carbons (Fsp3) is 0.938. The van der Waals surface area contributed by atoms with E-state index in [1.807, 2.05) is 0 Å². The maximum Gasteiger partial charge on any atom is 0.249 e. The van der Waals surface area contributed by atoms with Crippen LogP contribution in [0.1, 0.15) is 226 Å². The molecule has 0 aromatic carbocycles. The lowest BCUT2D eigenvalue weighted by Crippen LogP contribution is -2.60. The molecule has 0 spiro atoms. The number of carbonyl (C=O) groups excluding carboxylic acids is 1. The molecule has 0 saturated carbocycles. The Balaban J connectivity index is 2.36. The van der Waals surface area contributed by atoms with Crippen LogP contribution in [0.15, 0.2) is 12.2 Å². The Kier molecular flexibility index (Phi) is 36.7. The molecular formula is C48H93NO9. The van der Waals surface area contributed by atoms with Crippen LogP contribution in [0.4, 0.5) is 0 Å². The van der Waals surface area contributed by atoms with Gasteiger partial charge in [-0.25, -0.2) is 0 Å². The molecular weight excluding hydrogens is 735 g/mol. The van der Waals surface area contributed by atoms with Crippen molar-refractivity contribution in [2.75, 3.05) is 13.2 Å². The van der Waals surface area contributed by atoms with Gasteiger partial charge in [0, 0.05) is 0 Å². The number of allylic oxidation sites excluding steroid dienone is 2. The Labute approximate surface area is 355 Å². The second kappa shape index (κ2) is 38.8. The molecule has 1 fully saturated rings. The number of hydrogen-bond acceptors (Lipinski definition) is 9. The predicted molar refractivity (Wildman–Crippen MR) is 237 cm³/mol. The summed E-state index contributed by atoms with van der Waals surface area (Å²) in [5.74, 6) is -0.586. The van der Waals surface area contributed by atoms with E-state index in [-0.39, 0.29) is 6.61 Å². The average molecular weight is 828 g/mol. The Morgan fingerprint density at radius 2 is 0.966 bits per heavy atom. The molecule has 0 aromatic rings. The number of rotatable bonds is 41. The highest BCUT2D eigenvalue weighted by Gasteiger charge is 2.44. The summed E-state index contributed by atoms with van der Waals surface area (Å²) >= 11 is 0. The molecule has 8 atom stereocenters. The molecule has 1 aliphatic rings. The van der Waals surface area contributed by atoms with E-state index in [4.69, 9.17) is 9.47 Å². The maximum absolute atomic E-state index is 13.1. The first-order valence-corrected chi connectivity index (χ1v) is 24.5. The van der Waals surface area contributed by atoms with Crippen molar-refractivity contribution in [3.63, 3.8) is 0 Å². The smallest absolute Gasteiger partial charge is 0.249 e. The van der Waals surface area contributed by atoms with Crippen LogP contribution in [0.3, 0.4) is 0 Å². The van der Waals surface area contributed by atoms with E-state index in [1.165, 1.54) is 141 Å². The van der Waals surface area contributed by atoms with Crippen LogP contribution in [0.5, 0.6) is 0 Å². The van der Waals surface area contributed by atoms with Crippen molar-refractivity contribution in [1.29, 1.82) is 0 Å². The molecule has 7 N–H and O–H groups in total. The number of aliphatic hydroxyl groups excluding tert-OH is 6. The largest absolute Gasteiger partial charge is 0.394 e. The highest BCUT2D eigenvalue weighted by molar-refractivity contribution is 5.80. The van der Waals surface area contributed by atoms with Crippen molar-refractivity contribution in [2.24, 2.45) is 0 Å². The van der Waals surface area contributed by atoms with E-state index in [2.05, 4.69) is 31.3 Å². The molecule has 0 aromatic heterocycles. The standard InChI is InChI=1S/C48H93NO9/c1-3-5-7-9-11-13-15-17-19-20-21-23-25-27-29-31-33-35-37-42(52)47(56)49-40(39-57-48-46(55)45(54)44(53)43(38-50)58-48)41(51)36-34-32-30-28-26-24-22-18-16-14-12-10-8-6-4-2/h20-21,40-46,48,50-55H,3-19,22-39H2,1-2H3,(H,49,56)/b21-20-. The molecule has 1 heterocycles. The third-order valence-corrected chi connectivity index (χ3v) is 12.0. The van der Waals surface area contributed by atoms with Gasteiger partial charge in [-0.3, -0.25) is 4.79 Å². The third-order valence-electron chi connectivity index (χ3n) is 12.0. The lowest BCUT2D eigenvalue weighted by molar-refractivity contribution is -0.302. The van der Waals surface area contributed by atoms with Gasteiger partial charge in [0.25, 0.3) is 0 Å². The zero-order valence-electron chi connectivity index (χ0n) is 37.4. The fourth-order valence-corrected chi connectivity index (χ4v) is 7.93. The minimum absolute atomic E-state index is 0.255. The van der Waals surface area contributed by atoms with E-state index in [1.54, 1.807) is 0 Å². The summed E-state index contributed by atoms with van der Waals surface area (Å²) in [5.41, 5.74) is 0. The van der Waals surface area contributed by atoms with Gasteiger partial charge in [-0.2, -0.15) is 0 Å². The molecule has 344 valence electrons. The number of ether oxygens (including phenoxy) is 2. The van der Waals surface area contributed by atoms with Gasteiger partial charge in [-0.15, -0.1) is 0 Å². The van der Waals surface area contributed by atoms with Gasteiger partial charge in [-0.1, -0.05) is 199 Å². The summed E-state index contributed by atoms with van der Waals surface area (Å²) in [6.07, 6.45) is 34.0. The van der Waals surface area contributed by atoms with Crippen LogP contribution in [-0.4, -0.2) is 98.7 Å². The van der Waals surface area contributed by atoms with Gasteiger partial charge in [0.1, 0.15) is 30.5 Å². The molecule has 1 rings (SSSR count). The normalized spacial score (nSPS) is 21.4. The molecule has 1 aliphatic heterocycles. The topological polar surface area (TPSA) is 169 Å². The van der Waals surface area contributed by atoms with Crippen LogP contribution in [0.2, 0.25) is 0 Å². The first-order valence-electron chi connectivity index (χ1n) is 24.5. The number of hydrogen-bond donors (Lipinski definition) is 7. The monoisotopic (exact) mass is 828 g/mol. The van der Waals surface area contributed by atoms with Crippen molar-refractivity contribution >= 4 is 5.91 Å². The SMILES string of the molecule is CCCCCCCCCC/C=C\CCCCCCCCC(O)C(=O)NC(COC1OC(CO)C(O)C(O)C1O)C(O)CCCCCCCCCCCCCCCCC. The fourth-order valence-electron chi connectivity index (χ4n) is 7.93. The highest BCUT2D eigenvalue weighted by Crippen LogP contribution is 2.23. The maximum atomic E-state index is 13.1. The van der Waals surface area contributed by atoms with Gasteiger partial charge in [0.2, 0.25) is 5.91 Å². The van der Waals surface area contributed by atoms with Crippen molar-refractivity contribution in [2.45, 2.75) is 275 Å². The highest BCUT2D eigenvalue weighted by atomic mass is 16.7. The summed E-state index contributed by atoms with van der Waals surface area (Å²) in [6.45, 7) is 3.68. The average Bonchev–Trinajstić information content (AvgIpc) is 3.22. The molecule has 58 heavy (non-hydrogen) atoms. The van der Waals surface area contributed by atoms with E-state index in [0.717, 1.165) is 57.8 Å². The molecule has 1 saturated heterocycles. The van der Waals surface area contributed by atoms with Gasteiger partial charge in [0.05, 0.1) is 25.4 Å². The first-order chi connectivity index (χ1) is 28.3. The summed E-state index contributed by atoms with van der Waals surface area (Å²) in [7, 11) is 0. The van der Waals surface area contributed by atoms with Crippen LogP contribution in [0, 0.1) is 0 Å². The summed E-state index contributed by atoms with van der Waals surface area (Å²) < 4.78 is 11.2. The summed E-state index contributed by atoms with van der Waals surface area (Å²) in [4.78, 5) is 13.1. The summed E-state index contributed by atoms with van der Waals surface area (Å²) in [5, 5.41) is 64.9. The second-order valence-corrected chi connectivity index (χ2v) is 17.4. The predicted octanol–water partition coefficient (Wildman–Crippen LogP) is 9.48. The third kappa shape index (κ3) is 28.4. The second-order valence-electron chi connectivity index (χ2n) is 17.4. The number of aliphatic hydroxyl groups is 6. The molecule has 0 radical (unpaired) electrons. The Hall–Kier alpha value is -1.11. The molecule has 8 unspecified atom stereocenters. The zero-order chi connectivity index (χ0) is 42.5. The molecule has 0 bridgehead atoms. The Morgan fingerprint density at radius 3 is 1.40 bits per heavy atom. The Bertz CT molecular complexity index is 937. The zero-order valence-corrected chi connectivity index (χ0v) is 37.4. The number of amides is 1. The molecule has 10 nitrogen and oxygen atoms in total. The minimum Gasteiger partial charge on any atom is -0.394 e. The van der Waals surface area contributed by atoms with Crippen LogP contribution < -0.4 is 5.32 Å². The van der Waals surface area contributed by atoms with Crippen LogP contribution in [-0.2, 0) is 14.3 Å². The van der Waals surface area contributed by atoms with E-state index >= 15 is 0 Å². The minimum atomic E-state index is -1.60. The molecule has 1 amide bonds. The number of nitrogens with one attached hydrogen (secondary N) is 1. The van der Waals surface area contributed by atoms with Gasteiger partial charge in [0.15, 0.2) is 6.29 Å². The van der Waals surface area contributed by atoms with E-state index in [9.17, 15) is 35.4 Å². The van der Waals surface area contributed by atoms with Crippen LogP contribution >= 0.6 is 0 Å². The van der Waals surface area contributed by atoms with Crippen molar-refractivity contribution in [3.8, 4) is 0 Å². The number of carbonyl (C=O) groups is 1. The van der Waals surface area contributed by atoms with Gasteiger partial charge < -0.3 is 45.4 Å². The van der Waals surface area contributed by atoms with Gasteiger partial charge >= 0.3 is 0 Å². The lowest BCUT2D eigenvalue weighted by atomic mass is 9.99. The van der Waals surface area contributed by atoms with Crippen molar-refractivity contribution < 1.29 is 44.9 Å². The lowest BCUT2D eigenvalue weighted by Gasteiger charge is -2.40. The van der Waals surface area contributed by atoms with Gasteiger partial charge in [-0.05, 0) is 38.5 Å². The summed E-state index contributed by atoms with van der Waals surface area (Å²) in [6, 6.07) is -0.893.